The molecule has 0 spiro atoms. The fraction of sp³-hybridized carbons (Fsp3) is 0.300. The number of halogens is 1. The number of carbonyl (C=O) groups excluding carboxylic acids is 1. The second-order valence-electron chi connectivity index (χ2n) is 3.08. The number of hydrogen-bond acceptors (Lipinski definition) is 2. The van der Waals surface area contributed by atoms with Gasteiger partial charge in [-0.3, -0.25) is 4.79 Å². The third-order valence-electron chi connectivity index (χ3n) is 1.76. The molecule has 76 valence electrons. The monoisotopic (exact) mass is 257 g/mol. The van der Waals surface area contributed by atoms with Crippen LogP contribution in [0, 0.1) is 0 Å². The van der Waals surface area contributed by atoms with E-state index in [0.29, 0.717) is 11.3 Å². The Labute approximate surface area is 91.8 Å². The molecule has 0 fully saturated rings. The lowest BCUT2D eigenvalue weighted by Crippen LogP contribution is -2.21. The zero-order chi connectivity index (χ0) is 10.7. The van der Waals surface area contributed by atoms with Gasteiger partial charge in [-0.25, -0.2) is 0 Å². The van der Waals surface area contributed by atoms with Crippen molar-refractivity contribution < 1.29 is 9.53 Å². The van der Waals surface area contributed by atoms with Crippen LogP contribution in [0.4, 0.5) is 0 Å². The average molecular weight is 258 g/mol. The molecule has 4 heteroatoms. The molecule has 0 saturated carbocycles. The lowest BCUT2D eigenvalue weighted by molar-refractivity contribution is 0.0827. The van der Waals surface area contributed by atoms with Crippen molar-refractivity contribution >= 4 is 21.8 Å². The van der Waals surface area contributed by atoms with Crippen molar-refractivity contribution in [3.8, 4) is 5.75 Å². The largest absolute Gasteiger partial charge is 0.497 e. The molecule has 1 amide bonds. The molecule has 1 aromatic carbocycles. The molecular weight excluding hydrogens is 246 g/mol. The van der Waals surface area contributed by atoms with Crippen molar-refractivity contribution in [3.05, 3.63) is 28.2 Å². The van der Waals surface area contributed by atoms with Crippen molar-refractivity contribution in [1.29, 1.82) is 0 Å². The van der Waals surface area contributed by atoms with E-state index in [1.807, 2.05) is 6.07 Å². The van der Waals surface area contributed by atoms with Crippen LogP contribution < -0.4 is 4.74 Å². The molecule has 0 N–H and O–H groups in total. The third-order valence-corrected chi connectivity index (χ3v) is 2.22. The van der Waals surface area contributed by atoms with Gasteiger partial charge in [0.2, 0.25) is 0 Å². The van der Waals surface area contributed by atoms with Gasteiger partial charge < -0.3 is 9.64 Å². The maximum atomic E-state index is 11.6. The van der Waals surface area contributed by atoms with E-state index < -0.39 is 0 Å². The van der Waals surface area contributed by atoms with E-state index in [9.17, 15) is 4.79 Å². The molecule has 14 heavy (non-hydrogen) atoms. The summed E-state index contributed by atoms with van der Waals surface area (Å²) in [5.74, 6) is 0.633. The number of amides is 1. The first-order valence-corrected chi connectivity index (χ1v) is 4.90. The first-order chi connectivity index (χ1) is 6.54. The average Bonchev–Trinajstić information content (AvgIpc) is 2.15. The van der Waals surface area contributed by atoms with E-state index in [0.717, 1.165) is 4.47 Å². The molecule has 0 atom stereocenters. The van der Waals surface area contributed by atoms with Crippen molar-refractivity contribution in [2.24, 2.45) is 0 Å². The molecule has 0 aliphatic heterocycles. The van der Waals surface area contributed by atoms with E-state index in [2.05, 4.69) is 15.9 Å². The molecule has 0 bridgehead atoms. The zero-order valence-corrected chi connectivity index (χ0v) is 9.96. The summed E-state index contributed by atoms with van der Waals surface area (Å²) in [7, 11) is 5.01. The molecule has 1 rings (SSSR count). The maximum absolute atomic E-state index is 11.6. The number of methoxy groups -OCH3 is 1. The minimum absolute atomic E-state index is 0.0374. The second kappa shape index (κ2) is 4.46. The van der Waals surface area contributed by atoms with Crippen LogP contribution in [0.15, 0.2) is 22.7 Å². The smallest absolute Gasteiger partial charge is 0.253 e. The van der Waals surface area contributed by atoms with E-state index in [1.165, 1.54) is 4.90 Å². The van der Waals surface area contributed by atoms with Gasteiger partial charge in [0.15, 0.2) is 0 Å². The standard InChI is InChI=1S/C10H12BrNO2/c1-12(2)10(13)7-4-8(11)6-9(5-7)14-3/h4-6H,1-3H3. The Hall–Kier alpha value is -1.03. The van der Waals surface area contributed by atoms with Crippen molar-refractivity contribution in [1.82, 2.24) is 4.90 Å². The summed E-state index contributed by atoms with van der Waals surface area (Å²) in [6.45, 7) is 0. The lowest BCUT2D eigenvalue weighted by atomic mass is 10.2. The predicted octanol–water partition coefficient (Wildman–Crippen LogP) is 2.16. The van der Waals surface area contributed by atoms with Gasteiger partial charge >= 0.3 is 0 Å². The molecule has 1 aromatic rings. The summed E-state index contributed by atoms with van der Waals surface area (Å²) in [5, 5.41) is 0. The highest BCUT2D eigenvalue weighted by atomic mass is 79.9. The normalized spacial score (nSPS) is 9.71. The van der Waals surface area contributed by atoms with Crippen molar-refractivity contribution in [2.75, 3.05) is 21.2 Å². The molecule has 0 aromatic heterocycles. The topological polar surface area (TPSA) is 29.5 Å². The minimum Gasteiger partial charge on any atom is -0.497 e. The SMILES string of the molecule is COc1cc(Br)cc(C(=O)N(C)C)c1. The number of hydrogen-bond donors (Lipinski definition) is 0. The number of carbonyl (C=O) groups is 1. The summed E-state index contributed by atoms with van der Waals surface area (Å²) in [6, 6.07) is 5.30. The summed E-state index contributed by atoms with van der Waals surface area (Å²) >= 11 is 3.32. The van der Waals surface area contributed by atoms with Crippen molar-refractivity contribution in [2.45, 2.75) is 0 Å². The van der Waals surface area contributed by atoms with E-state index in [1.54, 1.807) is 33.3 Å². The number of rotatable bonds is 2. The van der Waals surface area contributed by atoms with E-state index >= 15 is 0 Å². The Bertz CT molecular complexity index is 350. The van der Waals surface area contributed by atoms with E-state index in [4.69, 9.17) is 4.74 Å². The van der Waals surface area contributed by atoms with Gasteiger partial charge in [0, 0.05) is 24.1 Å². The van der Waals surface area contributed by atoms with Crippen LogP contribution in [0.25, 0.3) is 0 Å². The first-order valence-electron chi connectivity index (χ1n) is 4.11. The summed E-state index contributed by atoms with van der Waals surface area (Å²) in [6.07, 6.45) is 0. The van der Waals surface area contributed by atoms with Crippen LogP contribution in [-0.2, 0) is 0 Å². The quantitative estimate of drug-likeness (QED) is 0.813. The Morgan fingerprint density at radius 1 is 1.36 bits per heavy atom. The van der Waals surface area contributed by atoms with Crippen LogP contribution in [0.1, 0.15) is 10.4 Å². The number of ether oxygens (including phenoxy) is 1. The Morgan fingerprint density at radius 2 is 2.00 bits per heavy atom. The van der Waals surface area contributed by atoms with E-state index in [-0.39, 0.29) is 5.91 Å². The van der Waals surface area contributed by atoms with Gasteiger partial charge in [-0.1, -0.05) is 15.9 Å². The summed E-state index contributed by atoms with van der Waals surface area (Å²) < 4.78 is 5.90. The highest BCUT2D eigenvalue weighted by molar-refractivity contribution is 9.10. The summed E-state index contributed by atoms with van der Waals surface area (Å²) in [5.41, 5.74) is 0.612. The fourth-order valence-electron chi connectivity index (χ4n) is 1.06. The maximum Gasteiger partial charge on any atom is 0.253 e. The van der Waals surface area contributed by atoms with Gasteiger partial charge in [0.1, 0.15) is 5.75 Å². The second-order valence-corrected chi connectivity index (χ2v) is 3.99. The van der Waals surface area contributed by atoms with Gasteiger partial charge in [-0.05, 0) is 18.2 Å². The highest BCUT2D eigenvalue weighted by Crippen LogP contribution is 2.21. The van der Waals surface area contributed by atoms with Crippen LogP contribution in [0.3, 0.4) is 0 Å². The number of nitrogens with zero attached hydrogens (tertiary/aromatic N) is 1. The lowest BCUT2D eigenvalue weighted by Gasteiger charge is -2.11. The van der Waals surface area contributed by atoms with Gasteiger partial charge in [0.25, 0.3) is 5.91 Å². The highest BCUT2D eigenvalue weighted by Gasteiger charge is 2.09. The summed E-state index contributed by atoms with van der Waals surface area (Å²) in [4.78, 5) is 13.1. The molecule has 3 nitrogen and oxygen atoms in total. The van der Waals surface area contributed by atoms with Crippen LogP contribution >= 0.6 is 15.9 Å². The van der Waals surface area contributed by atoms with Crippen LogP contribution in [-0.4, -0.2) is 32.0 Å². The molecule has 0 heterocycles. The third kappa shape index (κ3) is 2.48. The molecule has 0 aliphatic rings. The minimum atomic E-state index is -0.0374. The Balaban J connectivity index is 3.09. The Kier molecular flexibility index (Phi) is 3.52. The number of benzene rings is 1. The molecule has 0 aliphatic carbocycles. The van der Waals surface area contributed by atoms with Gasteiger partial charge in [-0.2, -0.15) is 0 Å². The Morgan fingerprint density at radius 3 is 2.50 bits per heavy atom. The van der Waals surface area contributed by atoms with Crippen LogP contribution in [0.5, 0.6) is 5.75 Å². The molecular formula is C10H12BrNO2. The molecule has 0 saturated heterocycles. The first kappa shape index (κ1) is 11.0. The molecule has 0 unspecified atom stereocenters. The molecule has 0 radical (unpaired) electrons. The van der Waals surface area contributed by atoms with Gasteiger partial charge in [-0.15, -0.1) is 0 Å². The van der Waals surface area contributed by atoms with Gasteiger partial charge in [0.05, 0.1) is 7.11 Å². The predicted molar refractivity (Wildman–Crippen MR) is 58.7 cm³/mol. The fourth-order valence-corrected chi connectivity index (χ4v) is 1.53. The van der Waals surface area contributed by atoms with Crippen LogP contribution in [0.2, 0.25) is 0 Å². The van der Waals surface area contributed by atoms with Crippen molar-refractivity contribution in [3.63, 3.8) is 0 Å². The zero-order valence-electron chi connectivity index (χ0n) is 8.37.